The Bertz CT molecular complexity index is 676. The van der Waals surface area contributed by atoms with Crippen molar-refractivity contribution in [3.63, 3.8) is 0 Å². The van der Waals surface area contributed by atoms with Gasteiger partial charge >= 0.3 is 12.1 Å². The molecule has 2 aromatic carbocycles. The number of carboxylic acids is 1. The van der Waals surface area contributed by atoms with E-state index in [9.17, 15) is 18.0 Å². The number of ether oxygens (including phenoxy) is 1. The van der Waals surface area contributed by atoms with Crippen molar-refractivity contribution in [1.29, 1.82) is 0 Å². The highest BCUT2D eigenvalue weighted by Crippen LogP contribution is 2.30. The van der Waals surface area contributed by atoms with Crippen LogP contribution >= 0.6 is 0 Å². The molecule has 0 aliphatic rings. The standard InChI is InChI=1S/C17H13F3O3/c18-17(19,20)13-7-9-14(10-8-13)23-15(16(21)22)11-6-12-4-2-1-3-5-12/h1-11,15H,(H,21,22). The van der Waals surface area contributed by atoms with E-state index in [1.165, 1.54) is 6.08 Å². The van der Waals surface area contributed by atoms with Gasteiger partial charge in [0.2, 0.25) is 6.10 Å². The van der Waals surface area contributed by atoms with Crippen LogP contribution in [0.15, 0.2) is 60.7 Å². The van der Waals surface area contributed by atoms with Gasteiger partial charge < -0.3 is 9.84 Å². The van der Waals surface area contributed by atoms with Crippen molar-refractivity contribution in [2.24, 2.45) is 0 Å². The second-order valence-electron chi connectivity index (χ2n) is 4.67. The van der Waals surface area contributed by atoms with Gasteiger partial charge in [-0.15, -0.1) is 0 Å². The summed E-state index contributed by atoms with van der Waals surface area (Å²) in [6.45, 7) is 0. The lowest BCUT2D eigenvalue weighted by Crippen LogP contribution is -2.24. The summed E-state index contributed by atoms with van der Waals surface area (Å²) in [5.74, 6) is -1.19. The maximum Gasteiger partial charge on any atom is 0.416 e. The van der Waals surface area contributed by atoms with Gasteiger partial charge in [0.1, 0.15) is 5.75 Å². The molecule has 2 aromatic rings. The quantitative estimate of drug-likeness (QED) is 0.895. The number of carbonyl (C=O) groups is 1. The molecule has 2 rings (SSSR count). The van der Waals surface area contributed by atoms with Crippen LogP contribution in [0.1, 0.15) is 11.1 Å². The molecule has 0 amide bonds. The van der Waals surface area contributed by atoms with Gasteiger partial charge in [0, 0.05) is 0 Å². The molecule has 0 bridgehead atoms. The second-order valence-corrected chi connectivity index (χ2v) is 4.67. The first-order chi connectivity index (χ1) is 10.9. The van der Waals surface area contributed by atoms with Crippen molar-refractivity contribution in [2.75, 3.05) is 0 Å². The zero-order valence-corrected chi connectivity index (χ0v) is 11.8. The largest absolute Gasteiger partial charge is 0.478 e. The minimum Gasteiger partial charge on any atom is -0.478 e. The van der Waals surface area contributed by atoms with Gasteiger partial charge in [0.25, 0.3) is 0 Å². The van der Waals surface area contributed by atoms with E-state index in [2.05, 4.69) is 0 Å². The van der Waals surface area contributed by atoms with Crippen molar-refractivity contribution in [3.05, 3.63) is 71.8 Å². The lowest BCUT2D eigenvalue weighted by Gasteiger charge is -2.13. The van der Waals surface area contributed by atoms with Gasteiger partial charge in [0.15, 0.2) is 0 Å². The summed E-state index contributed by atoms with van der Waals surface area (Å²) < 4.78 is 42.6. The van der Waals surface area contributed by atoms with Crippen LogP contribution in [-0.2, 0) is 11.0 Å². The molecule has 6 heteroatoms. The Hall–Kier alpha value is -2.76. The molecule has 23 heavy (non-hydrogen) atoms. The number of hydrogen-bond acceptors (Lipinski definition) is 2. The van der Waals surface area contributed by atoms with Gasteiger partial charge in [-0.3, -0.25) is 0 Å². The first-order valence-electron chi connectivity index (χ1n) is 6.66. The van der Waals surface area contributed by atoms with E-state index in [-0.39, 0.29) is 5.75 Å². The zero-order chi connectivity index (χ0) is 16.9. The van der Waals surface area contributed by atoms with Gasteiger partial charge in [-0.05, 0) is 35.9 Å². The summed E-state index contributed by atoms with van der Waals surface area (Å²) in [6.07, 6.45) is -2.84. The van der Waals surface area contributed by atoms with Crippen LogP contribution in [-0.4, -0.2) is 17.2 Å². The van der Waals surface area contributed by atoms with Gasteiger partial charge in [-0.1, -0.05) is 36.4 Å². The van der Waals surface area contributed by atoms with E-state index in [1.807, 2.05) is 6.07 Å². The number of carboxylic acid groups (broad SMARTS) is 1. The number of halogens is 3. The lowest BCUT2D eigenvalue weighted by molar-refractivity contribution is -0.143. The molecule has 120 valence electrons. The molecule has 0 radical (unpaired) electrons. The van der Waals surface area contributed by atoms with Crippen molar-refractivity contribution in [3.8, 4) is 5.75 Å². The average molecular weight is 322 g/mol. The highest BCUT2D eigenvalue weighted by molar-refractivity contribution is 5.76. The fourth-order valence-electron chi connectivity index (χ4n) is 1.80. The Balaban J connectivity index is 2.11. The van der Waals surface area contributed by atoms with Crippen molar-refractivity contribution in [2.45, 2.75) is 12.3 Å². The van der Waals surface area contributed by atoms with Crippen molar-refractivity contribution in [1.82, 2.24) is 0 Å². The van der Waals surface area contributed by atoms with E-state index < -0.39 is 23.8 Å². The Kier molecular flexibility index (Phi) is 5.05. The second kappa shape index (κ2) is 7.00. The van der Waals surface area contributed by atoms with Crippen LogP contribution in [0.3, 0.4) is 0 Å². The zero-order valence-electron chi connectivity index (χ0n) is 11.8. The summed E-state index contributed by atoms with van der Waals surface area (Å²) >= 11 is 0. The van der Waals surface area contributed by atoms with Gasteiger partial charge in [-0.25, -0.2) is 4.79 Å². The molecular formula is C17H13F3O3. The maximum atomic E-state index is 12.5. The molecule has 1 atom stereocenters. The number of hydrogen-bond donors (Lipinski definition) is 1. The summed E-state index contributed by atoms with van der Waals surface area (Å²) in [4.78, 5) is 11.2. The summed E-state index contributed by atoms with van der Waals surface area (Å²) in [6, 6.07) is 12.9. The summed E-state index contributed by atoms with van der Waals surface area (Å²) in [7, 11) is 0. The van der Waals surface area contributed by atoms with Crippen LogP contribution in [0.25, 0.3) is 6.08 Å². The van der Waals surface area contributed by atoms with E-state index in [4.69, 9.17) is 9.84 Å². The number of alkyl halides is 3. The molecule has 1 N–H and O–H groups in total. The molecular weight excluding hydrogens is 309 g/mol. The van der Waals surface area contributed by atoms with Crippen LogP contribution in [0.4, 0.5) is 13.2 Å². The third kappa shape index (κ3) is 4.88. The fraction of sp³-hybridized carbons (Fsp3) is 0.118. The molecule has 0 saturated carbocycles. The Labute approximate surface area is 130 Å². The minimum absolute atomic E-state index is 0.0445. The first kappa shape index (κ1) is 16.6. The summed E-state index contributed by atoms with van der Waals surface area (Å²) in [5, 5.41) is 9.14. The van der Waals surface area contributed by atoms with Gasteiger partial charge in [0.05, 0.1) is 5.56 Å². The number of benzene rings is 2. The molecule has 0 saturated heterocycles. The van der Waals surface area contributed by atoms with Crippen molar-refractivity contribution < 1.29 is 27.8 Å². The normalized spacial score (nSPS) is 13.0. The molecule has 0 aromatic heterocycles. The molecule has 0 heterocycles. The maximum absolute atomic E-state index is 12.5. The average Bonchev–Trinajstić information content (AvgIpc) is 2.51. The number of aliphatic carboxylic acids is 1. The van der Waals surface area contributed by atoms with E-state index >= 15 is 0 Å². The van der Waals surface area contributed by atoms with Crippen LogP contribution in [0, 0.1) is 0 Å². The SMILES string of the molecule is O=C(O)C(C=Cc1ccccc1)Oc1ccc(C(F)(F)F)cc1. The molecule has 0 spiro atoms. The van der Waals surface area contributed by atoms with Crippen LogP contribution in [0.5, 0.6) is 5.75 Å². The topological polar surface area (TPSA) is 46.5 Å². The smallest absolute Gasteiger partial charge is 0.416 e. The Morgan fingerprint density at radius 3 is 2.17 bits per heavy atom. The lowest BCUT2D eigenvalue weighted by atomic mass is 10.2. The third-order valence-corrected chi connectivity index (χ3v) is 2.95. The third-order valence-electron chi connectivity index (χ3n) is 2.95. The highest BCUT2D eigenvalue weighted by Gasteiger charge is 2.30. The predicted octanol–water partition coefficient (Wildman–Crippen LogP) is 4.25. The van der Waals surface area contributed by atoms with Crippen LogP contribution in [0.2, 0.25) is 0 Å². The van der Waals surface area contributed by atoms with E-state index in [0.717, 1.165) is 29.8 Å². The molecule has 0 aliphatic carbocycles. The van der Waals surface area contributed by atoms with Crippen molar-refractivity contribution >= 4 is 12.0 Å². The summed E-state index contributed by atoms with van der Waals surface area (Å²) in [5.41, 5.74) is -0.0358. The van der Waals surface area contributed by atoms with Crippen LogP contribution < -0.4 is 4.74 Å². The highest BCUT2D eigenvalue weighted by atomic mass is 19.4. The number of rotatable bonds is 5. The van der Waals surface area contributed by atoms with Gasteiger partial charge in [-0.2, -0.15) is 13.2 Å². The minimum atomic E-state index is -4.45. The fourth-order valence-corrected chi connectivity index (χ4v) is 1.80. The molecule has 0 aliphatic heterocycles. The molecule has 0 fully saturated rings. The monoisotopic (exact) mass is 322 g/mol. The molecule has 1 unspecified atom stereocenters. The Morgan fingerprint density at radius 2 is 1.65 bits per heavy atom. The predicted molar refractivity (Wildman–Crippen MR) is 79.0 cm³/mol. The van der Waals surface area contributed by atoms with E-state index in [1.54, 1.807) is 30.3 Å². The van der Waals surface area contributed by atoms with E-state index in [0.29, 0.717) is 0 Å². The Morgan fingerprint density at radius 1 is 1.04 bits per heavy atom. The first-order valence-corrected chi connectivity index (χ1v) is 6.66. The molecule has 3 nitrogen and oxygen atoms in total.